The molecule has 8 heteroatoms. The van der Waals surface area contributed by atoms with Gasteiger partial charge >= 0.3 is 0 Å². The van der Waals surface area contributed by atoms with E-state index < -0.39 is 17.9 Å². The first-order valence-corrected chi connectivity index (χ1v) is 9.69. The van der Waals surface area contributed by atoms with Gasteiger partial charge in [-0.1, -0.05) is 36.4 Å². The molecule has 7 nitrogen and oxygen atoms in total. The number of rotatable bonds is 5. The standard InChI is InChI=1S/C22H22ClN3O4/c1-12-9-16(23)10-13(2)20(12)30-15(4)21(28)25-24-19(27)11-26-14(3)17-7-5-6-8-18(17)22(26)29/h5-10,15H,3,11H2,1-2,4H3,(H,24,27)(H,25,28). The molecule has 2 aromatic rings. The fraction of sp³-hybridized carbons (Fsp3) is 0.227. The predicted molar refractivity (Wildman–Crippen MR) is 114 cm³/mol. The number of ether oxygens (including phenoxy) is 1. The molecule has 156 valence electrons. The summed E-state index contributed by atoms with van der Waals surface area (Å²) < 4.78 is 5.73. The molecule has 0 radical (unpaired) electrons. The summed E-state index contributed by atoms with van der Waals surface area (Å²) in [5.74, 6) is -0.837. The minimum Gasteiger partial charge on any atom is -0.480 e. The summed E-state index contributed by atoms with van der Waals surface area (Å²) >= 11 is 6.01. The van der Waals surface area contributed by atoms with Crippen LogP contribution in [0.4, 0.5) is 0 Å². The fourth-order valence-corrected chi connectivity index (χ4v) is 3.56. The van der Waals surface area contributed by atoms with Crippen LogP contribution in [0.3, 0.4) is 0 Å². The zero-order valence-electron chi connectivity index (χ0n) is 16.9. The van der Waals surface area contributed by atoms with Crippen LogP contribution < -0.4 is 15.6 Å². The van der Waals surface area contributed by atoms with Gasteiger partial charge < -0.3 is 4.74 Å². The predicted octanol–water partition coefficient (Wildman–Crippen LogP) is 3.00. The van der Waals surface area contributed by atoms with E-state index in [1.807, 2.05) is 13.8 Å². The van der Waals surface area contributed by atoms with E-state index >= 15 is 0 Å². The molecule has 0 saturated heterocycles. The Kier molecular flexibility index (Phi) is 6.12. The van der Waals surface area contributed by atoms with Crippen molar-refractivity contribution in [2.45, 2.75) is 26.9 Å². The van der Waals surface area contributed by atoms with Gasteiger partial charge in [-0.15, -0.1) is 0 Å². The lowest BCUT2D eigenvalue weighted by atomic mass is 10.1. The molecule has 1 atom stereocenters. The number of nitrogens with zero attached hydrogens (tertiary/aromatic N) is 1. The van der Waals surface area contributed by atoms with Crippen LogP contribution in [0.2, 0.25) is 5.02 Å². The van der Waals surface area contributed by atoms with Crippen LogP contribution in [0, 0.1) is 13.8 Å². The molecule has 3 amide bonds. The van der Waals surface area contributed by atoms with Crippen molar-refractivity contribution in [3.8, 4) is 5.75 Å². The van der Waals surface area contributed by atoms with Gasteiger partial charge in [0.05, 0.1) is 0 Å². The number of carbonyl (C=O) groups excluding carboxylic acids is 3. The lowest BCUT2D eigenvalue weighted by Crippen LogP contribution is -2.50. The molecular formula is C22H22ClN3O4. The van der Waals surface area contributed by atoms with E-state index in [-0.39, 0.29) is 12.5 Å². The van der Waals surface area contributed by atoms with Gasteiger partial charge in [0.25, 0.3) is 17.7 Å². The molecule has 30 heavy (non-hydrogen) atoms. The molecule has 2 N–H and O–H groups in total. The van der Waals surface area contributed by atoms with Gasteiger partial charge in [-0.25, -0.2) is 0 Å². The Morgan fingerprint density at radius 3 is 2.33 bits per heavy atom. The molecule has 0 bridgehead atoms. The molecule has 1 unspecified atom stereocenters. The molecule has 3 rings (SSSR count). The zero-order chi connectivity index (χ0) is 22.0. The van der Waals surface area contributed by atoms with Gasteiger partial charge in [-0.2, -0.15) is 0 Å². The molecule has 0 aromatic heterocycles. The number of aryl methyl sites for hydroxylation is 2. The van der Waals surface area contributed by atoms with Crippen molar-refractivity contribution in [2.24, 2.45) is 0 Å². The van der Waals surface area contributed by atoms with Crippen molar-refractivity contribution in [3.63, 3.8) is 0 Å². The molecule has 1 heterocycles. The van der Waals surface area contributed by atoms with E-state index in [2.05, 4.69) is 17.4 Å². The Balaban J connectivity index is 1.54. The van der Waals surface area contributed by atoms with Crippen LogP contribution in [0.25, 0.3) is 5.70 Å². The first-order valence-electron chi connectivity index (χ1n) is 9.31. The Labute approximate surface area is 179 Å². The van der Waals surface area contributed by atoms with E-state index in [0.717, 1.165) is 11.1 Å². The highest BCUT2D eigenvalue weighted by Crippen LogP contribution is 2.30. The quantitative estimate of drug-likeness (QED) is 0.718. The van der Waals surface area contributed by atoms with Crippen molar-refractivity contribution in [1.29, 1.82) is 0 Å². The number of hydrogen-bond donors (Lipinski definition) is 2. The van der Waals surface area contributed by atoms with Gasteiger partial charge in [-0.3, -0.25) is 30.1 Å². The molecule has 1 aliphatic heterocycles. The second-order valence-corrected chi connectivity index (χ2v) is 7.49. The third-order valence-corrected chi connectivity index (χ3v) is 4.97. The van der Waals surface area contributed by atoms with E-state index in [1.54, 1.807) is 43.3 Å². The van der Waals surface area contributed by atoms with Crippen LogP contribution in [0.1, 0.15) is 34.0 Å². The Morgan fingerprint density at radius 2 is 1.73 bits per heavy atom. The summed E-state index contributed by atoms with van der Waals surface area (Å²) in [5.41, 5.74) is 7.86. The average Bonchev–Trinajstić information content (AvgIpc) is 2.93. The maximum Gasteiger partial charge on any atom is 0.279 e. The monoisotopic (exact) mass is 427 g/mol. The first-order chi connectivity index (χ1) is 14.2. The van der Waals surface area contributed by atoms with Gasteiger partial charge in [0.15, 0.2) is 6.10 Å². The number of halogens is 1. The van der Waals surface area contributed by atoms with Crippen molar-refractivity contribution >= 4 is 35.0 Å². The van der Waals surface area contributed by atoms with Gasteiger partial charge in [-0.05, 0) is 50.1 Å². The Morgan fingerprint density at radius 1 is 1.13 bits per heavy atom. The summed E-state index contributed by atoms with van der Waals surface area (Å²) in [6.07, 6.45) is -0.864. The largest absolute Gasteiger partial charge is 0.480 e. The SMILES string of the molecule is C=C1c2ccccc2C(=O)N1CC(=O)NNC(=O)C(C)Oc1c(C)cc(Cl)cc1C. The Hall–Kier alpha value is -3.32. The maximum atomic E-state index is 12.4. The summed E-state index contributed by atoms with van der Waals surface area (Å²) in [7, 11) is 0. The number of nitrogens with one attached hydrogen (secondary N) is 2. The zero-order valence-corrected chi connectivity index (χ0v) is 17.7. The Bertz CT molecular complexity index is 992. The number of benzene rings is 2. The minimum atomic E-state index is -0.864. The summed E-state index contributed by atoms with van der Waals surface area (Å²) in [5, 5.41) is 0.585. The number of hydrazine groups is 1. The molecule has 0 saturated carbocycles. The molecule has 2 aromatic carbocycles. The third-order valence-electron chi connectivity index (χ3n) is 4.76. The molecule has 0 aliphatic carbocycles. The van der Waals surface area contributed by atoms with Crippen molar-refractivity contribution in [1.82, 2.24) is 15.8 Å². The van der Waals surface area contributed by atoms with Gasteiger partial charge in [0, 0.05) is 21.8 Å². The molecule has 0 spiro atoms. The minimum absolute atomic E-state index is 0.267. The fourth-order valence-electron chi connectivity index (χ4n) is 3.23. The van der Waals surface area contributed by atoms with Crippen LogP contribution >= 0.6 is 11.6 Å². The van der Waals surface area contributed by atoms with Crippen LogP contribution in [0.5, 0.6) is 5.75 Å². The van der Waals surface area contributed by atoms with Crippen LogP contribution in [-0.2, 0) is 9.59 Å². The smallest absolute Gasteiger partial charge is 0.279 e. The average molecular weight is 428 g/mol. The van der Waals surface area contributed by atoms with Crippen molar-refractivity contribution < 1.29 is 19.1 Å². The lowest BCUT2D eigenvalue weighted by molar-refractivity contribution is -0.132. The van der Waals surface area contributed by atoms with E-state index in [9.17, 15) is 14.4 Å². The summed E-state index contributed by atoms with van der Waals surface area (Å²) in [6, 6.07) is 10.5. The second-order valence-electron chi connectivity index (χ2n) is 7.05. The normalized spacial score (nSPS) is 13.7. The van der Waals surface area contributed by atoms with E-state index in [0.29, 0.717) is 27.6 Å². The van der Waals surface area contributed by atoms with Gasteiger partial charge in [0.2, 0.25) is 0 Å². The first kappa shape index (κ1) is 21.4. The molecule has 1 aliphatic rings. The summed E-state index contributed by atoms with van der Waals surface area (Å²) in [4.78, 5) is 38.3. The second kappa shape index (κ2) is 8.59. The third kappa shape index (κ3) is 4.31. The van der Waals surface area contributed by atoms with Crippen molar-refractivity contribution in [3.05, 3.63) is 70.3 Å². The highest BCUT2D eigenvalue weighted by Gasteiger charge is 2.32. The molecular weight excluding hydrogens is 406 g/mol. The highest BCUT2D eigenvalue weighted by atomic mass is 35.5. The van der Waals surface area contributed by atoms with Crippen LogP contribution in [-0.4, -0.2) is 35.3 Å². The number of carbonyl (C=O) groups is 3. The number of hydrogen-bond acceptors (Lipinski definition) is 4. The summed E-state index contributed by atoms with van der Waals surface area (Å²) in [6.45, 7) is 8.85. The van der Waals surface area contributed by atoms with Gasteiger partial charge in [0.1, 0.15) is 12.3 Å². The van der Waals surface area contributed by atoms with E-state index in [1.165, 1.54) is 4.90 Å². The number of amides is 3. The maximum absolute atomic E-state index is 12.4. The number of fused-ring (bicyclic) bond motifs is 1. The highest BCUT2D eigenvalue weighted by molar-refractivity contribution is 6.30. The molecule has 0 fully saturated rings. The van der Waals surface area contributed by atoms with Crippen LogP contribution in [0.15, 0.2) is 43.0 Å². The topological polar surface area (TPSA) is 87.7 Å². The van der Waals surface area contributed by atoms with E-state index in [4.69, 9.17) is 16.3 Å². The van der Waals surface area contributed by atoms with Crippen molar-refractivity contribution in [2.75, 3.05) is 6.54 Å². The lowest BCUT2D eigenvalue weighted by Gasteiger charge is -2.20.